The van der Waals surface area contributed by atoms with Crippen molar-refractivity contribution in [3.63, 3.8) is 0 Å². The van der Waals surface area contributed by atoms with Crippen LogP contribution in [0.1, 0.15) is 51.0 Å². The van der Waals surface area contributed by atoms with E-state index in [2.05, 4.69) is 29.3 Å². The predicted molar refractivity (Wildman–Crippen MR) is 117 cm³/mol. The summed E-state index contributed by atoms with van der Waals surface area (Å²) in [5.41, 5.74) is 1.20. The maximum Gasteiger partial charge on any atom is 0.226 e. The Morgan fingerprint density at radius 3 is 2.34 bits per heavy atom. The number of nitrogens with zero attached hydrogens (tertiary/aromatic N) is 2. The zero-order valence-corrected chi connectivity index (χ0v) is 18.2. The van der Waals surface area contributed by atoms with Gasteiger partial charge in [0.1, 0.15) is 0 Å². The average Bonchev–Trinajstić information content (AvgIpc) is 3.57. The number of piperidine rings is 2. The van der Waals surface area contributed by atoms with Gasteiger partial charge in [0.05, 0.1) is 0 Å². The lowest BCUT2D eigenvalue weighted by Gasteiger charge is -2.37. The summed E-state index contributed by atoms with van der Waals surface area (Å²) in [4.78, 5) is 30.2. The van der Waals surface area contributed by atoms with Crippen LogP contribution in [-0.4, -0.2) is 53.3 Å². The Bertz CT molecular complexity index is 687. The van der Waals surface area contributed by atoms with E-state index in [0.717, 1.165) is 64.7 Å². The molecular weight excluding hydrogens is 386 g/mol. The summed E-state index contributed by atoms with van der Waals surface area (Å²) in [7, 11) is 0. The number of amides is 2. The van der Waals surface area contributed by atoms with Crippen LogP contribution in [-0.2, 0) is 16.1 Å². The molecular formula is C23H34ClN3O2. The Balaban J connectivity index is 0.00000240. The zero-order chi connectivity index (χ0) is 19.5. The topological polar surface area (TPSA) is 52.7 Å². The van der Waals surface area contributed by atoms with Gasteiger partial charge >= 0.3 is 0 Å². The van der Waals surface area contributed by atoms with Gasteiger partial charge in [-0.2, -0.15) is 0 Å². The number of halogens is 1. The third kappa shape index (κ3) is 5.52. The van der Waals surface area contributed by atoms with Crippen molar-refractivity contribution in [2.24, 2.45) is 11.8 Å². The van der Waals surface area contributed by atoms with Crippen LogP contribution in [0.25, 0.3) is 0 Å². The summed E-state index contributed by atoms with van der Waals surface area (Å²) >= 11 is 0. The molecule has 2 saturated heterocycles. The Hall–Kier alpha value is -1.59. The highest BCUT2D eigenvalue weighted by molar-refractivity contribution is 5.85. The second kappa shape index (κ2) is 9.94. The summed E-state index contributed by atoms with van der Waals surface area (Å²) in [6, 6.07) is 11.1. The second-order valence-corrected chi connectivity index (χ2v) is 8.86. The Labute approximate surface area is 180 Å². The smallest absolute Gasteiger partial charge is 0.226 e. The van der Waals surface area contributed by atoms with E-state index >= 15 is 0 Å². The minimum Gasteiger partial charge on any atom is -0.342 e. The summed E-state index contributed by atoms with van der Waals surface area (Å²) in [6.07, 6.45) is 5.75. The molecule has 6 heteroatoms. The first-order valence-corrected chi connectivity index (χ1v) is 11.0. The molecule has 0 radical (unpaired) electrons. The van der Waals surface area contributed by atoms with Crippen molar-refractivity contribution < 1.29 is 9.59 Å². The third-order valence-electron chi connectivity index (χ3n) is 6.60. The lowest BCUT2D eigenvalue weighted by molar-refractivity contribution is -0.143. The number of likely N-dealkylation sites (tertiary alicyclic amines) is 1. The van der Waals surface area contributed by atoms with Crippen molar-refractivity contribution in [3.8, 4) is 0 Å². The highest BCUT2D eigenvalue weighted by Crippen LogP contribution is 2.32. The fourth-order valence-electron chi connectivity index (χ4n) is 4.75. The number of hydrogen-bond acceptors (Lipinski definition) is 3. The largest absolute Gasteiger partial charge is 0.342 e. The number of carbonyl (C=O) groups is 2. The number of rotatable bonds is 5. The molecule has 1 saturated carbocycles. The van der Waals surface area contributed by atoms with E-state index in [4.69, 9.17) is 0 Å². The lowest BCUT2D eigenvalue weighted by Crippen LogP contribution is -2.48. The minimum absolute atomic E-state index is 0. The summed E-state index contributed by atoms with van der Waals surface area (Å²) < 4.78 is 0. The van der Waals surface area contributed by atoms with Gasteiger partial charge in [0, 0.05) is 43.6 Å². The van der Waals surface area contributed by atoms with Crippen molar-refractivity contribution in [1.29, 1.82) is 0 Å². The maximum atomic E-state index is 13.2. The molecule has 0 bridgehead atoms. The Morgan fingerprint density at radius 1 is 1.03 bits per heavy atom. The van der Waals surface area contributed by atoms with Crippen LogP contribution in [0.5, 0.6) is 0 Å². The monoisotopic (exact) mass is 419 g/mol. The van der Waals surface area contributed by atoms with Gasteiger partial charge in [-0.25, -0.2) is 0 Å². The number of hydrogen-bond donors (Lipinski definition) is 1. The fourth-order valence-corrected chi connectivity index (χ4v) is 4.75. The van der Waals surface area contributed by atoms with E-state index < -0.39 is 0 Å². The normalized spacial score (nSPS) is 25.2. The van der Waals surface area contributed by atoms with Crippen LogP contribution in [0.2, 0.25) is 0 Å². The van der Waals surface area contributed by atoms with Gasteiger partial charge in [-0.1, -0.05) is 30.3 Å². The molecule has 0 unspecified atom stereocenters. The molecule has 5 nitrogen and oxygen atoms in total. The summed E-state index contributed by atoms with van der Waals surface area (Å²) in [6.45, 7) is 5.27. The number of carbonyl (C=O) groups excluding carboxylic acids is 2. The molecule has 3 fully saturated rings. The highest BCUT2D eigenvalue weighted by atomic mass is 35.5. The molecule has 0 spiro atoms. The molecule has 1 aliphatic carbocycles. The fraction of sp³-hybridized carbons (Fsp3) is 0.652. The van der Waals surface area contributed by atoms with Gasteiger partial charge in [0.25, 0.3) is 0 Å². The first-order chi connectivity index (χ1) is 13.6. The molecule has 2 amide bonds. The van der Waals surface area contributed by atoms with Crippen molar-refractivity contribution in [2.75, 3.05) is 19.6 Å². The van der Waals surface area contributed by atoms with E-state index in [-0.39, 0.29) is 24.2 Å². The van der Waals surface area contributed by atoms with E-state index in [0.29, 0.717) is 23.9 Å². The Morgan fingerprint density at radius 2 is 1.72 bits per heavy atom. The van der Waals surface area contributed by atoms with Crippen LogP contribution in [0.15, 0.2) is 30.3 Å². The molecule has 2 heterocycles. The van der Waals surface area contributed by atoms with Gasteiger partial charge in [0.15, 0.2) is 0 Å². The standard InChI is InChI=1S/C23H33N3O2.ClH/c1-17-15-20(9-12-24-17)22(27)25-13-10-19(11-14-25)23(28)26(21-7-8-21)16-18-5-3-2-4-6-18;/h2-6,17,19-21,24H,7-16H2,1H3;1H/t17-,20-;/m0./s1. The quantitative estimate of drug-likeness (QED) is 0.797. The SMILES string of the molecule is C[C@H]1C[C@@H](C(=O)N2CCC(C(=O)N(Cc3ccccc3)C3CC3)CC2)CCN1.Cl. The van der Waals surface area contributed by atoms with Gasteiger partial charge in [0.2, 0.25) is 11.8 Å². The molecule has 1 N–H and O–H groups in total. The van der Waals surface area contributed by atoms with Crippen LogP contribution in [0.4, 0.5) is 0 Å². The van der Waals surface area contributed by atoms with Crippen LogP contribution >= 0.6 is 12.4 Å². The maximum absolute atomic E-state index is 13.2. The summed E-state index contributed by atoms with van der Waals surface area (Å²) in [5, 5.41) is 3.42. The van der Waals surface area contributed by atoms with Crippen molar-refractivity contribution in [2.45, 2.75) is 64.1 Å². The van der Waals surface area contributed by atoms with Crippen LogP contribution in [0.3, 0.4) is 0 Å². The Kier molecular flexibility index (Phi) is 7.58. The third-order valence-corrected chi connectivity index (χ3v) is 6.60. The molecule has 1 aromatic carbocycles. The second-order valence-electron chi connectivity index (χ2n) is 8.86. The number of benzene rings is 1. The molecule has 4 rings (SSSR count). The van der Waals surface area contributed by atoms with E-state index in [1.807, 2.05) is 23.1 Å². The molecule has 160 valence electrons. The van der Waals surface area contributed by atoms with Crippen molar-refractivity contribution in [1.82, 2.24) is 15.1 Å². The van der Waals surface area contributed by atoms with Crippen molar-refractivity contribution >= 4 is 24.2 Å². The van der Waals surface area contributed by atoms with Gasteiger partial charge < -0.3 is 15.1 Å². The molecule has 3 aliphatic rings. The lowest BCUT2D eigenvalue weighted by atomic mass is 9.89. The average molecular weight is 420 g/mol. The van der Waals surface area contributed by atoms with E-state index in [9.17, 15) is 9.59 Å². The summed E-state index contributed by atoms with van der Waals surface area (Å²) in [5.74, 6) is 0.835. The minimum atomic E-state index is 0. The molecule has 0 aromatic heterocycles. The molecule has 1 aromatic rings. The first-order valence-electron chi connectivity index (χ1n) is 11.0. The van der Waals surface area contributed by atoms with Crippen molar-refractivity contribution in [3.05, 3.63) is 35.9 Å². The van der Waals surface area contributed by atoms with Gasteiger partial charge in [-0.05, 0) is 57.6 Å². The molecule has 2 atom stereocenters. The van der Waals surface area contributed by atoms with E-state index in [1.165, 1.54) is 5.56 Å². The van der Waals surface area contributed by atoms with E-state index in [1.54, 1.807) is 0 Å². The zero-order valence-electron chi connectivity index (χ0n) is 17.4. The molecule has 29 heavy (non-hydrogen) atoms. The predicted octanol–water partition coefficient (Wildman–Crippen LogP) is 3.23. The molecule has 2 aliphatic heterocycles. The van der Waals surface area contributed by atoms with Crippen LogP contribution < -0.4 is 5.32 Å². The van der Waals surface area contributed by atoms with Crippen LogP contribution in [0, 0.1) is 11.8 Å². The first kappa shape index (κ1) is 22.1. The number of nitrogens with one attached hydrogen (secondary N) is 1. The van der Waals surface area contributed by atoms with Gasteiger partial charge in [-0.3, -0.25) is 9.59 Å². The van der Waals surface area contributed by atoms with Gasteiger partial charge in [-0.15, -0.1) is 12.4 Å². The highest BCUT2D eigenvalue weighted by Gasteiger charge is 2.38.